The SMILES string of the molecule is COc1cc(OC)c(F)c(N(Cc2ncc[nH]2)C2=N/C/N=C(N3CCOCC3)\C=N/C/C=C\2)c1F. The van der Waals surface area contributed by atoms with Gasteiger partial charge in [-0.25, -0.2) is 23.7 Å². The lowest BCUT2D eigenvalue weighted by molar-refractivity contribution is 0.0688. The summed E-state index contributed by atoms with van der Waals surface area (Å²) in [6.07, 6.45) is 8.32. The van der Waals surface area contributed by atoms with Crippen molar-refractivity contribution < 1.29 is 23.0 Å². The number of hydrogen-bond acceptors (Lipinski definition) is 9. The van der Waals surface area contributed by atoms with E-state index in [4.69, 9.17) is 14.2 Å². The fraction of sp³-hybridized carbons (Fsp3) is 0.391. The van der Waals surface area contributed by atoms with E-state index >= 15 is 8.78 Å². The molecule has 0 saturated carbocycles. The van der Waals surface area contributed by atoms with Crippen LogP contribution in [0.4, 0.5) is 14.5 Å². The molecule has 2 aliphatic rings. The van der Waals surface area contributed by atoms with Gasteiger partial charge < -0.3 is 29.0 Å². The maximum Gasteiger partial charge on any atom is 0.191 e. The Labute approximate surface area is 201 Å². The van der Waals surface area contributed by atoms with Crippen LogP contribution in [0.3, 0.4) is 0 Å². The number of anilines is 1. The molecule has 1 N–H and O–H groups in total. The predicted octanol–water partition coefficient (Wildman–Crippen LogP) is 2.44. The Hall–Kier alpha value is -3.80. The average Bonchev–Trinajstić information content (AvgIpc) is 3.40. The van der Waals surface area contributed by atoms with Gasteiger partial charge in [0.15, 0.2) is 23.1 Å². The third kappa shape index (κ3) is 5.65. The van der Waals surface area contributed by atoms with E-state index in [9.17, 15) is 0 Å². The van der Waals surface area contributed by atoms with E-state index in [0.717, 1.165) is 6.07 Å². The van der Waals surface area contributed by atoms with Gasteiger partial charge in [0.1, 0.15) is 29.9 Å². The first-order valence-corrected chi connectivity index (χ1v) is 11.1. The summed E-state index contributed by atoms with van der Waals surface area (Å²) in [7, 11) is 2.61. The highest BCUT2D eigenvalue weighted by Gasteiger charge is 2.28. The van der Waals surface area contributed by atoms with Gasteiger partial charge in [-0.05, 0) is 6.08 Å². The minimum atomic E-state index is -0.888. The number of nitrogens with one attached hydrogen (secondary N) is 1. The van der Waals surface area contributed by atoms with Crippen molar-refractivity contribution >= 4 is 23.6 Å². The number of hydrogen-bond donors (Lipinski definition) is 1. The number of amidine groups is 2. The zero-order chi connectivity index (χ0) is 24.6. The third-order valence-electron chi connectivity index (χ3n) is 5.44. The lowest BCUT2D eigenvalue weighted by atomic mass is 10.2. The van der Waals surface area contributed by atoms with Gasteiger partial charge >= 0.3 is 0 Å². The Kier molecular flexibility index (Phi) is 8.03. The van der Waals surface area contributed by atoms with Crippen molar-refractivity contribution in [3.05, 3.63) is 48.1 Å². The van der Waals surface area contributed by atoms with E-state index in [1.165, 1.54) is 19.1 Å². The molecule has 1 aromatic heterocycles. The fourth-order valence-electron chi connectivity index (χ4n) is 3.69. The molecular weight excluding hydrogens is 460 g/mol. The second kappa shape index (κ2) is 11.6. The second-order valence-corrected chi connectivity index (χ2v) is 7.55. The fourth-order valence-corrected chi connectivity index (χ4v) is 3.69. The molecule has 0 atom stereocenters. The molecule has 0 spiro atoms. The average molecular weight is 488 g/mol. The Morgan fingerprint density at radius 2 is 1.86 bits per heavy atom. The summed E-state index contributed by atoms with van der Waals surface area (Å²) in [6, 6.07) is 1.16. The van der Waals surface area contributed by atoms with Gasteiger partial charge in [-0.1, -0.05) is 6.08 Å². The second-order valence-electron chi connectivity index (χ2n) is 7.55. The van der Waals surface area contributed by atoms with Crippen LogP contribution in [0.15, 0.2) is 45.6 Å². The van der Waals surface area contributed by atoms with Crippen molar-refractivity contribution in [3.63, 3.8) is 0 Å². The van der Waals surface area contributed by atoms with Crippen LogP contribution in [0.1, 0.15) is 5.82 Å². The topological polar surface area (TPSA) is 99.9 Å². The third-order valence-corrected chi connectivity index (χ3v) is 5.44. The highest BCUT2D eigenvalue weighted by Crippen LogP contribution is 2.38. The first kappa shape index (κ1) is 24.3. The smallest absolute Gasteiger partial charge is 0.191 e. The number of aromatic amines is 1. The number of ether oxygens (including phenoxy) is 3. The lowest BCUT2D eigenvalue weighted by Gasteiger charge is -2.28. The maximum absolute atomic E-state index is 15.5. The molecule has 12 heteroatoms. The number of aliphatic imine (C=N–C) groups is 3. The zero-order valence-electron chi connectivity index (χ0n) is 19.6. The van der Waals surface area contributed by atoms with E-state index in [1.54, 1.807) is 30.8 Å². The highest BCUT2D eigenvalue weighted by molar-refractivity contribution is 6.29. The molecule has 35 heavy (non-hydrogen) atoms. The first-order valence-electron chi connectivity index (χ1n) is 11.1. The van der Waals surface area contributed by atoms with Crippen molar-refractivity contribution in [3.8, 4) is 11.5 Å². The van der Waals surface area contributed by atoms with Crippen molar-refractivity contribution in [1.82, 2.24) is 14.9 Å². The van der Waals surface area contributed by atoms with Gasteiger partial charge in [0.05, 0.1) is 46.7 Å². The molecule has 0 bridgehead atoms. The summed E-state index contributed by atoms with van der Waals surface area (Å²) in [5.41, 5.74) is -0.376. The number of halogens is 2. The molecule has 0 unspecified atom stereocenters. The molecule has 1 saturated heterocycles. The van der Waals surface area contributed by atoms with Gasteiger partial charge in [-0.3, -0.25) is 4.99 Å². The largest absolute Gasteiger partial charge is 0.493 e. The van der Waals surface area contributed by atoms with Gasteiger partial charge in [-0.2, -0.15) is 0 Å². The van der Waals surface area contributed by atoms with Crippen molar-refractivity contribution in [2.45, 2.75) is 6.54 Å². The zero-order valence-corrected chi connectivity index (χ0v) is 19.6. The maximum atomic E-state index is 15.5. The molecular formula is C23H27F2N7O3. The molecule has 10 nitrogen and oxygen atoms in total. The molecule has 1 fully saturated rings. The van der Waals surface area contributed by atoms with Crippen LogP contribution in [-0.2, 0) is 11.3 Å². The number of morpholine rings is 1. The number of benzene rings is 1. The number of nitrogens with zero attached hydrogens (tertiary/aromatic N) is 6. The summed E-state index contributed by atoms with van der Waals surface area (Å²) in [5.74, 6) is -0.661. The highest BCUT2D eigenvalue weighted by atomic mass is 19.1. The summed E-state index contributed by atoms with van der Waals surface area (Å²) in [5, 5.41) is 0. The van der Waals surface area contributed by atoms with Crippen molar-refractivity contribution in [2.24, 2.45) is 15.0 Å². The van der Waals surface area contributed by atoms with E-state index in [-0.39, 0.29) is 36.2 Å². The van der Waals surface area contributed by atoms with Gasteiger partial charge in [0.2, 0.25) is 0 Å². The number of methoxy groups -OCH3 is 2. The van der Waals surface area contributed by atoms with Crippen LogP contribution in [-0.4, -0.2) is 86.5 Å². The van der Waals surface area contributed by atoms with Crippen LogP contribution < -0.4 is 14.4 Å². The van der Waals surface area contributed by atoms with Gasteiger partial charge in [0.25, 0.3) is 0 Å². The van der Waals surface area contributed by atoms with Crippen LogP contribution >= 0.6 is 0 Å². The molecule has 3 heterocycles. The molecule has 0 aliphatic carbocycles. The van der Waals surface area contributed by atoms with Crippen molar-refractivity contribution in [2.75, 3.05) is 58.6 Å². The minimum Gasteiger partial charge on any atom is -0.493 e. The summed E-state index contributed by atoms with van der Waals surface area (Å²) in [6.45, 7) is 2.97. The summed E-state index contributed by atoms with van der Waals surface area (Å²) in [4.78, 5) is 24.2. The summed E-state index contributed by atoms with van der Waals surface area (Å²) >= 11 is 0. The first-order chi connectivity index (χ1) is 17.1. The molecule has 0 amide bonds. The quantitative estimate of drug-likeness (QED) is 0.696. The Bertz CT molecular complexity index is 1100. The lowest BCUT2D eigenvalue weighted by Crippen LogP contribution is -2.41. The Balaban J connectivity index is 1.76. The van der Waals surface area contributed by atoms with Crippen LogP contribution in [0.5, 0.6) is 11.5 Å². The molecule has 4 rings (SSSR count). The normalized spacial score (nSPS) is 21.3. The number of H-pyrrole nitrogens is 1. The van der Waals surface area contributed by atoms with Crippen molar-refractivity contribution in [1.29, 1.82) is 0 Å². The number of imidazole rings is 1. The summed E-state index contributed by atoms with van der Waals surface area (Å²) < 4.78 is 46.6. The van der Waals surface area contributed by atoms with Crippen LogP contribution in [0, 0.1) is 11.6 Å². The standard InChI is InChI=1S/C23H27F2N7O3/c1-33-16-12-17(34-2)22(25)23(21(16)24)32(14-18-27-6-7-28-18)19-4-3-5-26-13-20(30-15-29-19)31-8-10-35-11-9-31/h3-4,6-7,12-13H,5,8-11,14-15H2,1-2H3,(H,27,28)/b4-3-,26-13-,29-19+,30-20+. The molecule has 186 valence electrons. The number of aromatic nitrogens is 2. The molecule has 2 aromatic rings. The van der Waals surface area contributed by atoms with E-state index in [2.05, 4.69) is 29.8 Å². The van der Waals surface area contributed by atoms with Gasteiger partial charge in [-0.15, -0.1) is 0 Å². The van der Waals surface area contributed by atoms with E-state index in [1.807, 2.05) is 0 Å². The van der Waals surface area contributed by atoms with E-state index in [0.29, 0.717) is 44.5 Å². The molecule has 1 aromatic carbocycles. The van der Waals surface area contributed by atoms with Crippen LogP contribution in [0.25, 0.3) is 0 Å². The van der Waals surface area contributed by atoms with Gasteiger partial charge in [0, 0.05) is 31.5 Å². The Morgan fingerprint density at radius 3 is 2.51 bits per heavy atom. The molecule has 0 radical (unpaired) electrons. The number of rotatable bonds is 5. The van der Waals surface area contributed by atoms with E-state index < -0.39 is 11.6 Å². The van der Waals surface area contributed by atoms with Crippen LogP contribution in [0.2, 0.25) is 0 Å². The Morgan fingerprint density at radius 1 is 1.11 bits per heavy atom. The molecule has 2 aliphatic heterocycles. The predicted molar refractivity (Wildman–Crippen MR) is 129 cm³/mol. The minimum absolute atomic E-state index is 0.00361. The monoisotopic (exact) mass is 487 g/mol.